The molecule has 0 aromatic rings. The van der Waals surface area contributed by atoms with Gasteiger partial charge in [-0.05, 0) is 24.7 Å². The van der Waals surface area contributed by atoms with Crippen molar-refractivity contribution in [2.45, 2.75) is 32.7 Å². The van der Waals surface area contributed by atoms with Gasteiger partial charge in [0.2, 0.25) is 0 Å². The fourth-order valence-corrected chi connectivity index (χ4v) is 2.24. The van der Waals surface area contributed by atoms with E-state index < -0.39 is 0 Å². The van der Waals surface area contributed by atoms with Gasteiger partial charge in [-0.2, -0.15) is 0 Å². The van der Waals surface area contributed by atoms with Crippen LogP contribution >= 0.6 is 0 Å². The molecule has 68 valence electrons. The average molecular weight is 168 g/mol. The van der Waals surface area contributed by atoms with Crippen molar-refractivity contribution in [2.24, 2.45) is 22.1 Å². The molecule has 12 heavy (non-hydrogen) atoms. The highest BCUT2D eigenvalue weighted by Gasteiger charge is 2.58. The lowest BCUT2D eigenvalue weighted by atomic mass is 9.92. The highest BCUT2D eigenvalue weighted by molar-refractivity contribution is 5.73. The van der Waals surface area contributed by atoms with Crippen LogP contribution in [0.4, 0.5) is 0 Å². The predicted molar refractivity (Wildman–Crippen MR) is 47.9 cm³/mol. The van der Waals surface area contributed by atoms with Crippen LogP contribution in [0.3, 0.4) is 0 Å². The summed E-state index contributed by atoms with van der Waals surface area (Å²) in [6.45, 7) is 7.33. The summed E-state index contributed by atoms with van der Waals surface area (Å²) in [5.74, 6) is 0.644. The number of rotatable bonds is 1. The number of hydrogen-bond acceptors (Lipinski definition) is 3. The molecule has 1 aliphatic heterocycles. The highest BCUT2D eigenvalue weighted by atomic mass is 16.5. The molecule has 1 fully saturated rings. The average Bonchev–Trinajstić information content (AvgIpc) is 2.43. The van der Waals surface area contributed by atoms with Crippen LogP contribution in [0.25, 0.3) is 0 Å². The van der Waals surface area contributed by atoms with Crippen LogP contribution in [0.15, 0.2) is 4.99 Å². The van der Waals surface area contributed by atoms with E-state index in [1.54, 1.807) is 0 Å². The third-order valence-electron chi connectivity index (χ3n) is 3.14. The molecule has 2 atom stereocenters. The predicted octanol–water partition coefficient (Wildman–Crippen LogP) is 1.14. The summed E-state index contributed by atoms with van der Waals surface area (Å²) >= 11 is 0. The lowest BCUT2D eigenvalue weighted by Gasteiger charge is -2.19. The van der Waals surface area contributed by atoms with E-state index >= 15 is 0 Å². The van der Waals surface area contributed by atoms with E-state index in [9.17, 15) is 0 Å². The van der Waals surface area contributed by atoms with Crippen LogP contribution in [0.5, 0.6) is 0 Å². The van der Waals surface area contributed by atoms with E-state index in [2.05, 4.69) is 25.8 Å². The van der Waals surface area contributed by atoms with Crippen molar-refractivity contribution in [3.63, 3.8) is 0 Å². The topological polar surface area (TPSA) is 47.6 Å². The zero-order chi connectivity index (χ0) is 8.98. The summed E-state index contributed by atoms with van der Waals surface area (Å²) in [5.41, 5.74) is 5.88. The Morgan fingerprint density at radius 2 is 2.08 bits per heavy atom. The molecule has 0 aromatic heterocycles. The monoisotopic (exact) mass is 168 g/mol. The molecule has 1 saturated carbocycles. The Hall–Kier alpha value is -0.730. The summed E-state index contributed by atoms with van der Waals surface area (Å²) in [7, 11) is 0. The summed E-state index contributed by atoms with van der Waals surface area (Å²) in [4.78, 5) is 4.35. The quantitative estimate of drug-likeness (QED) is 0.638. The molecule has 2 N–H and O–H groups in total. The fourth-order valence-electron chi connectivity index (χ4n) is 2.24. The van der Waals surface area contributed by atoms with Crippen LogP contribution in [-0.2, 0) is 4.74 Å². The molecule has 1 aliphatic carbocycles. The largest absolute Gasteiger partial charge is 0.463 e. The van der Waals surface area contributed by atoms with E-state index in [0.717, 1.165) is 0 Å². The third kappa shape index (κ3) is 0.993. The molecule has 3 heteroatoms. The van der Waals surface area contributed by atoms with Gasteiger partial charge in [-0.3, -0.25) is 0 Å². The SMILES string of the molecule is CC1(C)CC1C1(C)COC(N)=N1. The molecule has 2 aliphatic rings. The molecule has 2 rings (SSSR count). The number of nitrogens with two attached hydrogens (primary N) is 1. The van der Waals surface area contributed by atoms with Gasteiger partial charge in [0.05, 0.1) is 0 Å². The van der Waals surface area contributed by atoms with Gasteiger partial charge in [-0.25, -0.2) is 4.99 Å². The van der Waals surface area contributed by atoms with Crippen LogP contribution in [0.1, 0.15) is 27.2 Å². The van der Waals surface area contributed by atoms with Crippen LogP contribution in [-0.4, -0.2) is 18.2 Å². The highest BCUT2D eigenvalue weighted by Crippen LogP contribution is 2.59. The molecule has 0 spiro atoms. The van der Waals surface area contributed by atoms with Crippen molar-refractivity contribution in [1.82, 2.24) is 0 Å². The number of amidine groups is 1. The van der Waals surface area contributed by atoms with Crippen molar-refractivity contribution in [1.29, 1.82) is 0 Å². The standard InChI is InChI=1S/C9H16N2O/c1-8(2)4-6(8)9(3)5-12-7(10)11-9/h6H,4-5H2,1-3H3,(H2,10,11). The number of ether oxygens (including phenoxy) is 1. The Kier molecular flexibility index (Phi) is 1.28. The minimum atomic E-state index is -0.0480. The molecule has 0 saturated heterocycles. The molecule has 3 nitrogen and oxygen atoms in total. The summed E-state index contributed by atoms with van der Waals surface area (Å²) in [6.07, 6.45) is 1.24. The number of nitrogens with zero attached hydrogens (tertiary/aromatic N) is 1. The van der Waals surface area contributed by atoms with Gasteiger partial charge >= 0.3 is 0 Å². The Morgan fingerprint density at radius 1 is 1.50 bits per heavy atom. The molecular formula is C9H16N2O. The van der Waals surface area contributed by atoms with Crippen LogP contribution < -0.4 is 5.73 Å². The van der Waals surface area contributed by atoms with Crippen LogP contribution in [0.2, 0.25) is 0 Å². The zero-order valence-electron chi connectivity index (χ0n) is 7.92. The van der Waals surface area contributed by atoms with Crippen molar-refractivity contribution in [3.8, 4) is 0 Å². The van der Waals surface area contributed by atoms with E-state index in [0.29, 0.717) is 24.0 Å². The Bertz CT molecular complexity index is 247. The van der Waals surface area contributed by atoms with Crippen molar-refractivity contribution < 1.29 is 4.74 Å². The maximum Gasteiger partial charge on any atom is 0.282 e. The second-order valence-corrected chi connectivity index (χ2v) is 4.84. The second-order valence-electron chi connectivity index (χ2n) is 4.84. The minimum absolute atomic E-state index is 0.0480. The van der Waals surface area contributed by atoms with Crippen molar-refractivity contribution >= 4 is 6.02 Å². The molecule has 1 heterocycles. The second kappa shape index (κ2) is 1.95. The lowest BCUT2D eigenvalue weighted by molar-refractivity contribution is 0.231. The first-order valence-corrected chi connectivity index (χ1v) is 4.42. The molecular weight excluding hydrogens is 152 g/mol. The maximum absolute atomic E-state index is 5.49. The Labute approximate surface area is 73.0 Å². The van der Waals surface area contributed by atoms with Gasteiger partial charge in [-0.1, -0.05) is 13.8 Å². The minimum Gasteiger partial charge on any atom is -0.463 e. The lowest BCUT2D eigenvalue weighted by Crippen LogP contribution is -2.28. The van der Waals surface area contributed by atoms with E-state index in [4.69, 9.17) is 10.5 Å². The summed E-state index contributed by atoms with van der Waals surface area (Å²) in [5, 5.41) is 0. The third-order valence-corrected chi connectivity index (χ3v) is 3.14. The van der Waals surface area contributed by atoms with E-state index in [1.807, 2.05) is 0 Å². The Balaban J connectivity index is 2.15. The first-order valence-electron chi connectivity index (χ1n) is 4.42. The fraction of sp³-hybridized carbons (Fsp3) is 0.889. The van der Waals surface area contributed by atoms with Gasteiger partial charge in [0.15, 0.2) is 0 Å². The van der Waals surface area contributed by atoms with Gasteiger partial charge in [0.25, 0.3) is 6.02 Å². The van der Waals surface area contributed by atoms with Crippen LogP contribution in [0, 0.1) is 11.3 Å². The molecule has 0 radical (unpaired) electrons. The molecule has 0 bridgehead atoms. The zero-order valence-corrected chi connectivity index (χ0v) is 7.92. The van der Waals surface area contributed by atoms with Gasteiger partial charge in [0.1, 0.15) is 12.1 Å². The van der Waals surface area contributed by atoms with E-state index in [-0.39, 0.29) is 5.54 Å². The molecule has 2 unspecified atom stereocenters. The molecule has 0 amide bonds. The Morgan fingerprint density at radius 3 is 2.42 bits per heavy atom. The maximum atomic E-state index is 5.49. The van der Waals surface area contributed by atoms with Crippen molar-refractivity contribution in [3.05, 3.63) is 0 Å². The first kappa shape index (κ1) is 7.90. The number of hydrogen-bond donors (Lipinski definition) is 1. The summed E-state index contributed by atoms with van der Waals surface area (Å²) in [6, 6.07) is 0.361. The van der Waals surface area contributed by atoms with Gasteiger partial charge < -0.3 is 10.5 Å². The van der Waals surface area contributed by atoms with Crippen molar-refractivity contribution in [2.75, 3.05) is 6.61 Å². The van der Waals surface area contributed by atoms with Gasteiger partial charge in [-0.15, -0.1) is 0 Å². The van der Waals surface area contributed by atoms with E-state index in [1.165, 1.54) is 6.42 Å². The normalized spacial score (nSPS) is 43.6. The molecule has 0 aromatic carbocycles. The summed E-state index contributed by atoms with van der Waals surface area (Å²) < 4.78 is 5.19. The number of aliphatic imine (C=N–C) groups is 1. The van der Waals surface area contributed by atoms with Gasteiger partial charge in [0, 0.05) is 0 Å². The first-order chi connectivity index (χ1) is 5.44. The smallest absolute Gasteiger partial charge is 0.282 e.